The second-order valence-corrected chi connectivity index (χ2v) is 4.86. The molecule has 1 amide bonds. The van der Waals surface area contributed by atoms with Gasteiger partial charge in [0.1, 0.15) is 0 Å². The summed E-state index contributed by atoms with van der Waals surface area (Å²) in [4.78, 5) is 11.6. The molecule has 6 heteroatoms. The molecule has 2 N–H and O–H groups in total. The van der Waals surface area contributed by atoms with E-state index in [0.29, 0.717) is 18.0 Å². The van der Waals surface area contributed by atoms with Gasteiger partial charge in [-0.1, -0.05) is 6.07 Å². The molecule has 2 rings (SSSR count). The second kappa shape index (κ2) is 8.17. The van der Waals surface area contributed by atoms with Crippen LogP contribution in [0.2, 0.25) is 0 Å². The van der Waals surface area contributed by atoms with E-state index in [1.807, 2.05) is 0 Å². The first-order valence-corrected chi connectivity index (χ1v) is 6.59. The normalized spacial score (nSPS) is 17.6. The summed E-state index contributed by atoms with van der Waals surface area (Å²) in [5.41, 5.74) is 0.561. The van der Waals surface area contributed by atoms with Gasteiger partial charge in [-0.15, -0.1) is 12.4 Å². The molecule has 1 aromatic carbocycles. The zero-order valence-corrected chi connectivity index (χ0v) is 11.9. The highest BCUT2D eigenvalue weighted by Crippen LogP contribution is 2.11. The van der Waals surface area contributed by atoms with Gasteiger partial charge in [-0.2, -0.15) is 0 Å². The van der Waals surface area contributed by atoms with Crippen LogP contribution < -0.4 is 10.6 Å². The van der Waals surface area contributed by atoms with Crippen LogP contribution in [-0.2, 0) is 11.3 Å². The van der Waals surface area contributed by atoms with Crippen molar-refractivity contribution in [2.75, 3.05) is 6.54 Å². The van der Waals surface area contributed by atoms with Crippen molar-refractivity contribution in [2.45, 2.75) is 38.3 Å². The highest BCUT2D eigenvalue weighted by Gasteiger charge is 2.15. The molecule has 3 nitrogen and oxygen atoms in total. The van der Waals surface area contributed by atoms with Crippen LogP contribution >= 0.6 is 12.4 Å². The van der Waals surface area contributed by atoms with Crippen molar-refractivity contribution in [2.24, 2.45) is 0 Å². The van der Waals surface area contributed by atoms with E-state index in [1.54, 1.807) is 0 Å². The monoisotopic (exact) mass is 304 g/mol. The Bertz CT molecular complexity index is 451. The van der Waals surface area contributed by atoms with Crippen molar-refractivity contribution in [1.29, 1.82) is 0 Å². The minimum atomic E-state index is -0.887. The van der Waals surface area contributed by atoms with Crippen LogP contribution in [0.5, 0.6) is 0 Å². The van der Waals surface area contributed by atoms with Gasteiger partial charge in [0.15, 0.2) is 11.6 Å². The summed E-state index contributed by atoms with van der Waals surface area (Å²) < 4.78 is 25.7. The Morgan fingerprint density at radius 3 is 2.80 bits per heavy atom. The molecule has 1 aliphatic rings. The smallest absolute Gasteiger partial charge is 0.220 e. The SMILES string of the molecule is Cl.O=C(CCC1CCCN1)NCc1ccc(F)c(F)c1. The minimum absolute atomic E-state index is 0. The summed E-state index contributed by atoms with van der Waals surface area (Å²) in [7, 11) is 0. The zero-order valence-electron chi connectivity index (χ0n) is 11.1. The van der Waals surface area contributed by atoms with E-state index >= 15 is 0 Å². The third-order valence-electron chi connectivity index (χ3n) is 3.36. The number of hydrogen-bond acceptors (Lipinski definition) is 2. The standard InChI is InChI=1S/C14H18F2N2O.ClH/c15-12-5-3-10(8-13(12)16)9-18-14(19)6-4-11-2-1-7-17-11;/h3,5,8,11,17H,1-2,4,6-7,9H2,(H,18,19);1H. The van der Waals surface area contributed by atoms with Crippen LogP contribution in [-0.4, -0.2) is 18.5 Å². The van der Waals surface area contributed by atoms with Crippen molar-refractivity contribution < 1.29 is 13.6 Å². The van der Waals surface area contributed by atoms with E-state index in [4.69, 9.17) is 0 Å². The van der Waals surface area contributed by atoms with E-state index < -0.39 is 11.6 Å². The van der Waals surface area contributed by atoms with E-state index in [9.17, 15) is 13.6 Å². The molecule has 1 fully saturated rings. The summed E-state index contributed by atoms with van der Waals surface area (Å²) in [6.45, 7) is 1.26. The van der Waals surface area contributed by atoms with Crippen LogP contribution in [0.25, 0.3) is 0 Å². The molecule has 0 bridgehead atoms. The molecule has 1 aliphatic heterocycles. The highest BCUT2D eigenvalue weighted by molar-refractivity contribution is 5.85. The molecule has 0 aliphatic carbocycles. The average molecular weight is 305 g/mol. The van der Waals surface area contributed by atoms with Crippen LogP contribution in [0.1, 0.15) is 31.2 Å². The summed E-state index contributed by atoms with van der Waals surface area (Å²) in [6.07, 6.45) is 3.57. The summed E-state index contributed by atoms with van der Waals surface area (Å²) in [5.74, 6) is -1.82. The van der Waals surface area contributed by atoms with E-state index in [2.05, 4.69) is 10.6 Å². The topological polar surface area (TPSA) is 41.1 Å². The molecule has 1 aromatic rings. The maximum Gasteiger partial charge on any atom is 0.220 e. The largest absolute Gasteiger partial charge is 0.352 e. The number of hydrogen-bond donors (Lipinski definition) is 2. The number of halogens is 3. The van der Waals surface area contributed by atoms with Crippen molar-refractivity contribution in [3.8, 4) is 0 Å². The number of nitrogens with one attached hydrogen (secondary N) is 2. The molecule has 1 atom stereocenters. The van der Waals surface area contributed by atoms with Gasteiger partial charge >= 0.3 is 0 Å². The molecule has 112 valence electrons. The lowest BCUT2D eigenvalue weighted by Crippen LogP contribution is -2.27. The van der Waals surface area contributed by atoms with Crippen LogP contribution in [0.4, 0.5) is 8.78 Å². The van der Waals surface area contributed by atoms with Crippen molar-refractivity contribution >= 4 is 18.3 Å². The Balaban J connectivity index is 0.00000200. The number of rotatable bonds is 5. The van der Waals surface area contributed by atoms with Crippen LogP contribution in [0.15, 0.2) is 18.2 Å². The third kappa shape index (κ3) is 5.06. The second-order valence-electron chi connectivity index (χ2n) is 4.86. The van der Waals surface area contributed by atoms with Crippen molar-refractivity contribution in [3.05, 3.63) is 35.4 Å². The summed E-state index contributed by atoms with van der Waals surface area (Å²) in [6, 6.07) is 4.08. The summed E-state index contributed by atoms with van der Waals surface area (Å²) >= 11 is 0. The first-order valence-electron chi connectivity index (χ1n) is 6.59. The van der Waals surface area contributed by atoms with Gasteiger partial charge in [0.05, 0.1) is 0 Å². The van der Waals surface area contributed by atoms with Gasteiger partial charge in [-0.05, 0) is 43.5 Å². The number of carbonyl (C=O) groups is 1. The van der Waals surface area contributed by atoms with Crippen LogP contribution in [0, 0.1) is 11.6 Å². The molecule has 20 heavy (non-hydrogen) atoms. The lowest BCUT2D eigenvalue weighted by atomic mass is 10.1. The predicted molar refractivity (Wildman–Crippen MR) is 75.7 cm³/mol. The molecule has 0 saturated carbocycles. The molecule has 0 aromatic heterocycles. The fourth-order valence-corrected chi connectivity index (χ4v) is 2.25. The zero-order chi connectivity index (χ0) is 13.7. The van der Waals surface area contributed by atoms with Gasteiger partial charge in [0, 0.05) is 19.0 Å². The van der Waals surface area contributed by atoms with E-state index in [1.165, 1.54) is 12.5 Å². The quantitative estimate of drug-likeness (QED) is 0.878. The minimum Gasteiger partial charge on any atom is -0.352 e. The molecule has 0 spiro atoms. The molecule has 1 unspecified atom stereocenters. The van der Waals surface area contributed by atoms with Gasteiger partial charge in [0.2, 0.25) is 5.91 Å². The van der Waals surface area contributed by atoms with Crippen molar-refractivity contribution in [3.63, 3.8) is 0 Å². The lowest BCUT2D eigenvalue weighted by Gasteiger charge is -2.10. The maximum atomic E-state index is 13.0. The van der Waals surface area contributed by atoms with Crippen LogP contribution in [0.3, 0.4) is 0 Å². The Labute approximate surface area is 123 Å². The molecular formula is C14H19ClF2N2O. The van der Waals surface area contributed by atoms with Crippen molar-refractivity contribution in [1.82, 2.24) is 10.6 Å². The molecule has 0 radical (unpaired) electrons. The molecule has 1 saturated heterocycles. The Morgan fingerprint density at radius 2 is 2.15 bits per heavy atom. The maximum absolute atomic E-state index is 13.0. The Hall–Kier alpha value is -1.20. The highest BCUT2D eigenvalue weighted by atomic mass is 35.5. The van der Waals surface area contributed by atoms with Gasteiger partial charge in [-0.25, -0.2) is 8.78 Å². The number of carbonyl (C=O) groups excluding carboxylic acids is 1. The fraction of sp³-hybridized carbons (Fsp3) is 0.500. The van der Waals surface area contributed by atoms with E-state index in [-0.39, 0.29) is 24.9 Å². The number of amides is 1. The first-order chi connectivity index (χ1) is 9.15. The Kier molecular flexibility index (Phi) is 6.88. The predicted octanol–water partition coefficient (Wildman–Crippen LogP) is 2.54. The summed E-state index contributed by atoms with van der Waals surface area (Å²) in [5, 5.41) is 6.04. The van der Waals surface area contributed by atoms with Gasteiger partial charge in [-0.3, -0.25) is 4.79 Å². The Morgan fingerprint density at radius 1 is 1.35 bits per heavy atom. The molecule has 1 heterocycles. The lowest BCUT2D eigenvalue weighted by molar-refractivity contribution is -0.121. The molecular weight excluding hydrogens is 286 g/mol. The third-order valence-corrected chi connectivity index (χ3v) is 3.36. The average Bonchev–Trinajstić information content (AvgIpc) is 2.91. The number of benzene rings is 1. The fourth-order valence-electron chi connectivity index (χ4n) is 2.25. The van der Waals surface area contributed by atoms with Gasteiger partial charge < -0.3 is 10.6 Å². The first kappa shape index (κ1) is 16.9. The van der Waals surface area contributed by atoms with Gasteiger partial charge in [0.25, 0.3) is 0 Å². The van der Waals surface area contributed by atoms with E-state index in [0.717, 1.165) is 31.5 Å².